The summed E-state index contributed by atoms with van der Waals surface area (Å²) in [6.45, 7) is 0. The van der Waals surface area contributed by atoms with Gasteiger partial charge in [-0.2, -0.15) is 0 Å². The molecule has 0 unspecified atom stereocenters. The van der Waals surface area contributed by atoms with E-state index in [1.54, 1.807) is 0 Å². The van der Waals surface area contributed by atoms with Crippen LogP contribution in [-0.2, 0) is 0 Å². The molecule has 0 saturated carbocycles. The molecule has 4 rings (SSSR count). The van der Waals surface area contributed by atoms with Gasteiger partial charge in [0.25, 0.3) is 0 Å². The van der Waals surface area contributed by atoms with Gasteiger partial charge in [0.2, 0.25) is 0 Å². The number of nitrogens with zero attached hydrogens (tertiary/aromatic N) is 1. The number of benzene rings is 2. The first-order chi connectivity index (χ1) is 11.6. The highest BCUT2D eigenvalue weighted by atomic mass is 79.9. The maximum absolute atomic E-state index is 2.46. The summed E-state index contributed by atoms with van der Waals surface area (Å²) >= 11 is 0. The van der Waals surface area contributed by atoms with Gasteiger partial charge in [-0.3, -0.25) is 0 Å². The van der Waals surface area contributed by atoms with Gasteiger partial charge in [0, 0.05) is 31.6 Å². The van der Waals surface area contributed by atoms with Gasteiger partial charge < -0.3 is 21.5 Å². The molecule has 2 aromatic carbocycles. The number of hydrogen-bond donors (Lipinski definition) is 0. The second-order valence-electron chi connectivity index (χ2n) is 8.46. The second-order valence-corrected chi connectivity index (χ2v) is 8.46. The number of quaternary nitrogens is 1. The molecule has 2 aromatic rings. The van der Waals surface area contributed by atoms with Crippen LogP contribution in [0.15, 0.2) is 60.7 Å². The normalized spacial score (nSPS) is 27.1. The van der Waals surface area contributed by atoms with E-state index < -0.39 is 0 Å². The molecule has 0 N–H and O–H groups in total. The smallest absolute Gasteiger partial charge is 0.0893 e. The van der Waals surface area contributed by atoms with E-state index >= 15 is 0 Å². The van der Waals surface area contributed by atoms with Crippen molar-refractivity contribution in [1.29, 1.82) is 0 Å². The summed E-state index contributed by atoms with van der Waals surface area (Å²) in [6, 6.07) is 24.1. The van der Waals surface area contributed by atoms with Crippen LogP contribution in [0, 0.1) is 5.92 Å². The van der Waals surface area contributed by atoms with E-state index in [1.807, 2.05) is 0 Å². The molecule has 2 heterocycles. The monoisotopic (exact) mass is 399 g/mol. The lowest BCUT2D eigenvalue weighted by Crippen LogP contribution is -3.00. The molecule has 134 valence electrons. The van der Waals surface area contributed by atoms with E-state index in [-0.39, 0.29) is 17.0 Å². The van der Waals surface area contributed by atoms with Crippen LogP contribution in [0.25, 0.3) is 0 Å². The van der Waals surface area contributed by atoms with Crippen LogP contribution in [0.5, 0.6) is 0 Å². The summed E-state index contributed by atoms with van der Waals surface area (Å²) in [5.74, 6) is 1.42. The van der Waals surface area contributed by atoms with E-state index in [2.05, 4.69) is 74.8 Å². The van der Waals surface area contributed by atoms with Crippen molar-refractivity contribution < 1.29 is 21.5 Å². The molecule has 0 aliphatic carbocycles. The average molecular weight is 400 g/mol. The Labute approximate surface area is 163 Å². The lowest BCUT2D eigenvalue weighted by atomic mass is 9.78. The highest BCUT2D eigenvalue weighted by molar-refractivity contribution is 5.32. The summed E-state index contributed by atoms with van der Waals surface area (Å²) < 4.78 is 1.28. The molecule has 2 aliphatic heterocycles. The summed E-state index contributed by atoms with van der Waals surface area (Å²) in [5.41, 5.74) is 2.96. The van der Waals surface area contributed by atoms with Crippen molar-refractivity contribution in [3.63, 3.8) is 0 Å². The Balaban J connectivity index is 0.00000182. The largest absolute Gasteiger partial charge is 1.00 e. The van der Waals surface area contributed by atoms with Crippen molar-refractivity contribution in [3.05, 3.63) is 71.8 Å². The van der Waals surface area contributed by atoms with Crippen LogP contribution >= 0.6 is 0 Å². The van der Waals surface area contributed by atoms with E-state index in [1.165, 1.54) is 47.7 Å². The Hall–Kier alpha value is -1.12. The standard InChI is InChI=1S/C23H30N.BrH/c1-24(2)21-13-14-22(24)16-18(15-21)17-23(19-9-5-3-6-10-19)20-11-7-4-8-12-20;/h3-12,18,21-23H,13-17H2,1-2H3;1H/q+1;/p-1/t18-,21+,22-;. The van der Waals surface area contributed by atoms with Crippen LogP contribution in [0.1, 0.15) is 49.1 Å². The van der Waals surface area contributed by atoms with Gasteiger partial charge in [-0.25, -0.2) is 0 Å². The van der Waals surface area contributed by atoms with Gasteiger partial charge in [0.1, 0.15) is 0 Å². The lowest BCUT2D eigenvalue weighted by molar-refractivity contribution is -0.931. The molecule has 0 amide bonds. The maximum Gasteiger partial charge on any atom is 0.0893 e. The van der Waals surface area contributed by atoms with Crippen molar-refractivity contribution in [2.24, 2.45) is 5.92 Å². The summed E-state index contributed by atoms with van der Waals surface area (Å²) in [4.78, 5) is 0. The predicted octanol–water partition coefficient (Wildman–Crippen LogP) is 2.23. The second kappa shape index (κ2) is 7.63. The lowest BCUT2D eigenvalue weighted by Gasteiger charge is -2.45. The van der Waals surface area contributed by atoms with Crippen LogP contribution in [0.2, 0.25) is 0 Å². The topological polar surface area (TPSA) is 0 Å². The quantitative estimate of drug-likeness (QED) is 0.691. The average Bonchev–Trinajstić information content (AvgIpc) is 2.79. The van der Waals surface area contributed by atoms with Crippen LogP contribution < -0.4 is 17.0 Å². The molecule has 2 bridgehead atoms. The van der Waals surface area contributed by atoms with E-state index in [4.69, 9.17) is 0 Å². The number of piperidine rings is 1. The molecule has 25 heavy (non-hydrogen) atoms. The third-order valence-electron chi connectivity index (χ3n) is 6.90. The number of hydrogen-bond acceptors (Lipinski definition) is 0. The predicted molar refractivity (Wildman–Crippen MR) is 101 cm³/mol. The third-order valence-corrected chi connectivity index (χ3v) is 6.90. The molecule has 1 nitrogen and oxygen atoms in total. The van der Waals surface area contributed by atoms with Gasteiger partial charge in [-0.05, 0) is 23.5 Å². The van der Waals surface area contributed by atoms with Gasteiger partial charge in [-0.1, -0.05) is 60.7 Å². The van der Waals surface area contributed by atoms with E-state index in [0.29, 0.717) is 5.92 Å². The Bertz CT molecular complexity index is 612. The zero-order valence-electron chi connectivity index (χ0n) is 15.4. The molecule has 2 aliphatic rings. The van der Waals surface area contributed by atoms with Crippen molar-refractivity contribution in [2.75, 3.05) is 14.1 Å². The molecule has 2 heteroatoms. The Kier molecular flexibility index (Phi) is 5.70. The minimum atomic E-state index is 0. The summed E-state index contributed by atoms with van der Waals surface area (Å²) in [6.07, 6.45) is 7.02. The highest BCUT2D eigenvalue weighted by Gasteiger charge is 2.48. The molecule has 2 saturated heterocycles. The fourth-order valence-electron chi connectivity index (χ4n) is 5.35. The molecule has 0 aromatic heterocycles. The van der Waals surface area contributed by atoms with Gasteiger partial charge in [0.05, 0.1) is 26.2 Å². The zero-order chi connectivity index (χ0) is 16.6. The minimum Gasteiger partial charge on any atom is -1.00 e. The van der Waals surface area contributed by atoms with Gasteiger partial charge >= 0.3 is 0 Å². The Morgan fingerprint density at radius 2 is 1.24 bits per heavy atom. The third kappa shape index (κ3) is 3.71. The van der Waals surface area contributed by atoms with Crippen molar-refractivity contribution in [1.82, 2.24) is 0 Å². The fourth-order valence-corrected chi connectivity index (χ4v) is 5.35. The van der Waals surface area contributed by atoms with Crippen LogP contribution in [-0.4, -0.2) is 30.7 Å². The Morgan fingerprint density at radius 3 is 1.68 bits per heavy atom. The van der Waals surface area contributed by atoms with Gasteiger partial charge in [0.15, 0.2) is 0 Å². The first-order valence-electron chi connectivity index (χ1n) is 9.58. The fraction of sp³-hybridized carbons (Fsp3) is 0.478. The molecular weight excluding hydrogens is 370 g/mol. The van der Waals surface area contributed by atoms with E-state index in [0.717, 1.165) is 18.0 Å². The molecule has 3 atom stereocenters. The molecule has 2 fully saturated rings. The maximum atomic E-state index is 2.46. The van der Waals surface area contributed by atoms with Crippen molar-refractivity contribution >= 4 is 0 Å². The molecule has 0 radical (unpaired) electrons. The first-order valence-corrected chi connectivity index (χ1v) is 9.58. The van der Waals surface area contributed by atoms with Gasteiger partial charge in [-0.15, -0.1) is 0 Å². The highest BCUT2D eigenvalue weighted by Crippen LogP contribution is 2.45. The van der Waals surface area contributed by atoms with E-state index in [9.17, 15) is 0 Å². The number of halogens is 1. The van der Waals surface area contributed by atoms with Crippen molar-refractivity contribution in [3.8, 4) is 0 Å². The Morgan fingerprint density at radius 1 is 0.800 bits per heavy atom. The first kappa shape index (κ1) is 18.7. The number of rotatable bonds is 4. The van der Waals surface area contributed by atoms with Crippen LogP contribution in [0.3, 0.4) is 0 Å². The number of fused-ring (bicyclic) bond motifs is 2. The summed E-state index contributed by atoms with van der Waals surface area (Å²) in [7, 11) is 4.93. The SMILES string of the molecule is C[N+]1(C)[C@@H]2CC[C@H]1C[C@@H](CC(c1ccccc1)c1ccccc1)C2.[Br-]. The van der Waals surface area contributed by atoms with Crippen molar-refractivity contribution in [2.45, 2.75) is 50.1 Å². The zero-order valence-corrected chi connectivity index (χ0v) is 17.0. The molecular formula is C23H30BrN. The minimum absolute atomic E-state index is 0. The molecule has 0 spiro atoms. The summed E-state index contributed by atoms with van der Waals surface area (Å²) in [5, 5.41) is 0. The van der Waals surface area contributed by atoms with Crippen LogP contribution in [0.4, 0.5) is 0 Å².